The van der Waals surface area contributed by atoms with Gasteiger partial charge in [-0.05, 0) is 19.3 Å². The van der Waals surface area contributed by atoms with E-state index < -0.39 is 21.5 Å². The molecule has 0 aliphatic carbocycles. The number of aliphatic hydroxyl groups excluding tert-OH is 1. The van der Waals surface area contributed by atoms with E-state index in [1.54, 1.807) is 0 Å². The molecule has 2 N–H and O–H groups in total. The second-order valence-electron chi connectivity index (χ2n) is 7.49. The monoisotopic (exact) mass is 378 g/mol. The molecule has 0 radical (unpaired) electrons. The highest BCUT2D eigenvalue weighted by molar-refractivity contribution is 7.86. The van der Waals surface area contributed by atoms with Crippen LogP contribution in [0.2, 0.25) is 0 Å². The van der Waals surface area contributed by atoms with E-state index in [-0.39, 0.29) is 6.42 Å². The molecule has 0 rings (SSSR count). The standard InChI is InChI=1S/C20H42O4S/c1-3-5-7-9-11-13-15-17-20(25(22,23)24)18-19(21)16-14-12-10-8-6-4-2/h19-21H,3-18H2,1-2H3,(H,22,23,24). The highest BCUT2D eigenvalue weighted by atomic mass is 32.2. The maximum atomic E-state index is 11.6. The van der Waals surface area contributed by atoms with Crippen LogP contribution in [0, 0.1) is 0 Å². The SMILES string of the molecule is CCCCCCCCCC(CC(O)CCCCCCCC)S(=O)(=O)O. The normalized spacial score (nSPS) is 14.6. The summed E-state index contributed by atoms with van der Waals surface area (Å²) in [6.45, 7) is 4.37. The molecule has 0 spiro atoms. The van der Waals surface area contributed by atoms with E-state index in [9.17, 15) is 18.1 Å². The summed E-state index contributed by atoms with van der Waals surface area (Å²) < 4.78 is 32.6. The number of rotatable bonds is 18. The van der Waals surface area contributed by atoms with Crippen LogP contribution in [-0.2, 0) is 10.1 Å². The Hall–Kier alpha value is -0.130. The summed E-state index contributed by atoms with van der Waals surface area (Å²) in [5.74, 6) is 0. The summed E-state index contributed by atoms with van der Waals surface area (Å²) in [5.41, 5.74) is 0. The van der Waals surface area contributed by atoms with Crippen molar-refractivity contribution in [1.29, 1.82) is 0 Å². The molecule has 0 aliphatic heterocycles. The average molecular weight is 379 g/mol. The second-order valence-corrected chi connectivity index (χ2v) is 9.19. The van der Waals surface area contributed by atoms with E-state index in [1.807, 2.05) is 0 Å². The van der Waals surface area contributed by atoms with Crippen molar-refractivity contribution in [1.82, 2.24) is 0 Å². The molecule has 0 aromatic heterocycles. The third kappa shape index (κ3) is 15.8. The first-order valence-electron chi connectivity index (χ1n) is 10.6. The lowest BCUT2D eigenvalue weighted by Gasteiger charge is -2.18. The van der Waals surface area contributed by atoms with Crippen LogP contribution in [0.1, 0.15) is 117 Å². The predicted molar refractivity (Wildman–Crippen MR) is 107 cm³/mol. The minimum absolute atomic E-state index is 0.170. The summed E-state index contributed by atoms with van der Waals surface area (Å²) in [6, 6.07) is 0. The molecular weight excluding hydrogens is 336 g/mol. The Morgan fingerprint density at radius 1 is 0.680 bits per heavy atom. The Kier molecular flexibility index (Phi) is 16.0. The van der Waals surface area contributed by atoms with Gasteiger partial charge in [-0.3, -0.25) is 4.55 Å². The minimum atomic E-state index is -4.06. The van der Waals surface area contributed by atoms with Crippen molar-refractivity contribution in [2.45, 2.75) is 128 Å². The van der Waals surface area contributed by atoms with Gasteiger partial charge in [0.1, 0.15) is 0 Å². The highest BCUT2D eigenvalue weighted by Crippen LogP contribution is 2.20. The molecule has 25 heavy (non-hydrogen) atoms. The van der Waals surface area contributed by atoms with Crippen LogP contribution in [0.15, 0.2) is 0 Å². The van der Waals surface area contributed by atoms with Crippen molar-refractivity contribution < 1.29 is 18.1 Å². The van der Waals surface area contributed by atoms with Gasteiger partial charge in [0, 0.05) is 0 Å². The summed E-state index contributed by atoms with van der Waals surface area (Å²) in [5, 5.41) is 9.30. The molecule has 2 atom stereocenters. The van der Waals surface area contributed by atoms with Crippen LogP contribution in [0.3, 0.4) is 0 Å². The van der Waals surface area contributed by atoms with Crippen molar-refractivity contribution in [2.75, 3.05) is 0 Å². The predicted octanol–water partition coefficient (Wildman–Crippen LogP) is 5.89. The van der Waals surface area contributed by atoms with Crippen molar-refractivity contribution in [3.05, 3.63) is 0 Å². The zero-order chi connectivity index (χ0) is 19.0. The van der Waals surface area contributed by atoms with Crippen molar-refractivity contribution in [3.8, 4) is 0 Å². The molecule has 0 fully saturated rings. The Balaban J connectivity index is 3.94. The van der Waals surface area contributed by atoms with Gasteiger partial charge in [0.05, 0.1) is 11.4 Å². The molecule has 0 aromatic rings. The lowest BCUT2D eigenvalue weighted by molar-refractivity contribution is 0.146. The third-order valence-corrected chi connectivity index (χ3v) is 6.25. The lowest BCUT2D eigenvalue weighted by Crippen LogP contribution is -2.26. The molecule has 0 saturated heterocycles. The lowest BCUT2D eigenvalue weighted by atomic mass is 10.0. The van der Waals surface area contributed by atoms with E-state index in [2.05, 4.69) is 13.8 Å². The van der Waals surface area contributed by atoms with Crippen LogP contribution in [0.25, 0.3) is 0 Å². The Morgan fingerprint density at radius 3 is 1.52 bits per heavy atom. The first-order valence-corrected chi connectivity index (χ1v) is 12.1. The third-order valence-electron chi connectivity index (χ3n) is 4.98. The van der Waals surface area contributed by atoms with E-state index in [1.165, 1.54) is 51.4 Å². The summed E-state index contributed by atoms with van der Waals surface area (Å²) in [4.78, 5) is 0. The second kappa shape index (κ2) is 16.1. The number of hydrogen-bond acceptors (Lipinski definition) is 3. The van der Waals surface area contributed by atoms with Gasteiger partial charge in [-0.25, -0.2) is 0 Å². The zero-order valence-electron chi connectivity index (χ0n) is 16.6. The molecule has 4 nitrogen and oxygen atoms in total. The summed E-state index contributed by atoms with van der Waals surface area (Å²) in [7, 11) is -4.06. The molecule has 0 bridgehead atoms. The highest BCUT2D eigenvalue weighted by Gasteiger charge is 2.25. The molecule has 0 aliphatic rings. The molecule has 0 saturated carbocycles. The van der Waals surface area contributed by atoms with Gasteiger partial charge in [0.25, 0.3) is 10.1 Å². The van der Waals surface area contributed by atoms with E-state index in [0.717, 1.165) is 32.1 Å². The number of hydrogen-bond donors (Lipinski definition) is 2. The van der Waals surface area contributed by atoms with Crippen LogP contribution in [0.4, 0.5) is 0 Å². The fourth-order valence-corrected chi connectivity index (χ4v) is 4.23. The molecule has 152 valence electrons. The Labute approximate surface area is 156 Å². The van der Waals surface area contributed by atoms with Gasteiger partial charge < -0.3 is 5.11 Å². The Bertz CT molecular complexity index is 381. The minimum Gasteiger partial charge on any atom is -0.393 e. The first kappa shape index (κ1) is 24.9. The van der Waals surface area contributed by atoms with Gasteiger partial charge >= 0.3 is 0 Å². The first-order chi connectivity index (χ1) is 11.9. The van der Waals surface area contributed by atoms with Gasteiger partial charge in [-0.15, -0.1) is 0 Å². The maximum Gasteiger partial charge on any atom is 0.267 e. The molecule has 2 unspecified atom stereocenters. The fraction of sp³-hybridized carbons (Fsp3) is 1.00. The van der Waals surface area contributed by atoms with E-state index in [0.29, 0.717) is 12.8 Å². The Morgan fingerprint density at radius 2 is 1.08 bits per heavy atom. The van der Waals surface area contributed by atoms with Crippen LogP contribution in [0.5, 0.6) is 0 Å². The topological polar surface area (TPSA) is 74.6 Å². The van der Waals surface area contributed by atoms with Crippen LogP contribution < -0.4 is 0 Å². The van der Waals surface area contributed by atoms with E-state index in [4.69, 9.17) is 0 Å². The smallest absolute Gasteiger partial charge is 0.267 e. The van der Waals surface area contributed by atoms with E-state index >= 15 is 0 Å². The van der Waals surface area contributed by atoms with Gasteiger partial charge in [-0.2, -0.15) is 8.42 Å². The average Bonchev–Trinajstić information content (AvgIpc) is 2.55. The summed E-state index contributed by atoms with van der Waals surface area (Å²) in [6.07, 6.45) is 15.4. The molecular formula is C20H42O4S. The van der Waals surface area contributed by atoms with Gasteiger partial charge in [0.2, 0.25) is 0 Å². The van der Waals surface area contributed by atoms with Crippen LogP contribution in [-0.4, -0.2) is 29.4 Å². The fourth-order valence-electron chi connectivity index (χ4n) is 3.30. The molecule has 0 amide bonds. The molecule has 5 heteroatoms. The van der Waals surface area contributed by atoms with Crippen molar-refractivity contribution in [3.63, 3.8) is 0 Å². The quantitative estimate of drug-likeness (QED) is 0.230. The zero-order valence-corrected chi connectivity index (χ0v) is 17.4. The largest absolute Gasteiger partial charge is 0.393 e. The number of aliphatic hydroxyl groups is 1. The van der Waals surface area contributed by atoms with Crippen molar-refractivity contribution >= 4 is 10.1 Å². The maximum absolute atomic E-state index is 11.6. The van der Waals surface area contributed by atoms with Gasteiger partial charge in [-0.1, -0.05) is 97.3 Å². The van der Waals surface area contributed by atoms with Crippen molar-refractivity contribution in [2.24, 2.45) is 0 Å². The molecule has 0 aromatic carbocycles. The summed E-state index contributed by atoms with van der Waals surface area (Å²) >= 11 is 0. The molecule has 0 heterocycles. The van der Waals surface area contributed by atoms with Crippen LogP contribution >= 0.6 is 0 Å². The van der Waals surface area contributed by atoms with Gasteiger partial charge in [0.15, 0.2) is 0 Å². The number of unbranched alkanes of at least 4 members (excludes halogenated alkanes) is 11.